The number of hydrogen-bond acceptors (Lipinski definition) is 6. The molecule has 1 aromatic rings. The van der Waals surface area contributed by atoms with Crippen molar-refractivity contribution in [2.75, 3.05) is 26.0 Å². The van der Waals surface area contributed by atoms with Crippen LogP contribution in [-0.2, 0) is 29.1 Å². The highest BCUT2D eigenvalue weighted by molar-refractivity contribution is 7.89. The van der Waals surface area contributed by atoms with Crippen LogP contribution in [0.5, 0.6) is 0 Å². The summed E-state index contributed by atoms with van der Waals surface area (Å²) in [6, 6.07) is 5.42. The lowest BCUT2D eigenvalue weighted by atomic mass is 10.3. The Hall–Kier alpha value is -2.46. The number of carbonyl (C=O) groups is 3. The van der Waals surface area contributed by atoms with Crippen molar-refractivity contribution in [3.63, 3.8) is 0 Å². The third kappa shape index (κ3) is 6.51. The topological polar surface area (TPSA) is 122 Å². The minimum Gasteiger partial charge on any atom is -0.452 e. The monoisotopic (exact) mass is 371 g/mol. The highest BCUT2D eigenvalue weighted by Crippen LogP contribution is 2.13. The fraction of sp³-hybridized carbons (Fsp3) is 0.400. The summed E-state index contributed by atoms with van der Waals surface area (Å²) in [6.07, 6.45) is -1.01. The van der Waals surface area contributed by atoms with Crippen LogP contribution in [0.3, 0.4) is 0 Å². The predicted molar refractivity (Wildman–Crippen MR) is 90.2 cm³/mol. The normalized spacial score (nSPS) is 12.2. The number of anilines is 1. The van der Waals surface area contributed by atoms with Crippen molar-refractivity contribution in [2.24, 2.45) is 0 Å². The SMILES string of the molecule is CC(=O)Nc1ccc(S(=O)(=O)NCC(=O)O[C@H](C)C(=O)N(C)C)cc1. The molecule has 0 saturated heterocycles. The van der Waals surface area contributed by atoms with Gasteiger partial charge in [0.1, 0.15) is 6.54 Å². The van der Waals surface area contributed by atoms with E-state index < -0.39 is 34.5 Å². The Morgan fingerprint density at radius 3 is 2.20 bits per heavy atom. The summed E-state index contributed by atoms with van der Waals surface area (Å²) in [4.78, 5) is 35.4. The van der Waals surface area contributed by atoms with Crippen molar-refractivity contribution < 1.29 is 27.5 Å². The molecule has 0 radical (unpaired) electrons. The van der Waals surface area contributed by atoms with Crippen molar-refractivity contribution in [1.29, 1.82) is 0 Å². The van der Waals surface area contributed by atoms with E-state index in [0.29, 0.717) is 5.69 Å². The second-order valence-corrected chi connectivity index (χ2v) is 7.16. The fourth-order valence-corrected chi connectivity index (χ4v) is 2.78. The number of amides is 2. The Morgan fingerprint density at radius 2 is 1.72 bits per heavy atom. The predicted octanol–water partition coefficient (Wildman–Crippen LogP) is -0.0568. The van der Waals surface area contributed by atoms with E-state index in [4.69, 9.17) is 4.74 Å². The molecule has 2 N–H and O–H groups in total. The lowest BCUT2D eigenvalue weighted by Crippen LogP contribution is -2.38. The van der Waals surface area contributed by atoms with Crippen molar-refractivity contribution in [3.05, 3.63) is 24.3 Å². The van der Waals surface area contributed by atoms with Crippen LogP contribution in [0.1, 0.15) is 13.8 Å². The van der Waals surface area contributed by atoms with Gasteiger partial charge < -0.3 is 15.0 Å². The zero-order chi connectivity index (χ0) is 19.2. The zero-order valence-electron chi connectivity index (χ0n) is 14.4. The summed E-state index contributed by atoms with van der Waals surface area (Å²) < 4.78 is 31.2. The average molecular weight is 371 g/mol. The van der Waals surface area contributed by atoms with Gasteiger partial charge in [0.15, 0.2) is 6.10 Å². The van der Waals surface area contributed by atoms with Gasteiger partial charge in [-0.2, -0.15) is 4.72 Å². The fourth-order valence-electron chi connectivity index (χ4n) is 1.81. The standard InChI is InChI=1S/C15H21N3O6S/c1-10(15(21)18(3)4)24-14(20)9-16-25(22,23)13-7-5-12(6-8-13)17-11(2)19/h5-8,10,16H,9H2,1-4H3,(H,17,19)/t10-/m1/s1. The number of esters is 1. The number of nitrogens with zero attached hydrogens (tertiary/aromatic N) is 1. The number of rotatable bonds is 7. The van der Waals surface area contributed by atoms with Crippen molar-refractivity contribution in [3.8, 4) is 0 Å². The summed E-state index contributed by atoms with van der Waals surface area (Å²) in [5, 5.41) is 2.51. The lowest BCUT2D eigenvalue weighted by molar-refractivity contribution is -0.156. The lowest BCUT2D eigenvalue weighted by Gasteiger charge is -2.17. The summed E-state index contributed by atoms with van der Waals surface area (Å²) >= 11 is 0. The van der Waals surface area contributed by atoms with Crippen LogP contribution in [-0.4, -0.2) is 57.8 Å². The molecule has 10 heteroatoms. The molecule has 1 aromatic carbocycles. The van der Waals surface area contributed by atoms with Crippen LogP contribution in [0.2, 0.25) is 0 Å². The molecule has 0 saturated carbocycles. The van der Waals surface area contributed by atoms with Gasteiger partial charge in [0.2, 0.25) is 15.9 Å². The summed E-state index contributed by atoms with van der Waals surface area (Å²) in [5.41, 5.74) is 0.446. The van der Waals surface area contributed by atoms with E-state index in [2.05, 4.69) is 10.0 Å². The number of sulfonamides is 1. The Morgan fingerprint density at radius 1 is 1.16 bits per heavy atom. The third-order valence-corrected chi connectivity index (χ3v) is 4.41. The minimum atomic E-state index is -3.93. The van der Waals surface area contributed by atoms with Gasteiger partial charge >= 0.3 is 5.97 Å². The van der Waals surface area contributed by atoms with E-state index >= 15 is 0 Å². The second-order valence-electron chi connectivity index (χ2n) is 5.39. The highest BCUT2D eigenvalue weighted by Gasteiger charge is 2.21. The molecule has 1 rings (SSSR count). The van der Waals surface area contributed by atoms with Crippen molar-refractivity contribution in [1.82, 2.24) is 9.62 Å². The van der Waals surface area contributed by atoms with Crippen LogP contribution in [0.15, 0.2) is 29.2 Å². The number of likely N-dealkylation sites (N-methyl/N-ethyl adjacent to an activating group) is 1. The Kier molecular flexibility index (Phi) is 7.07. The van der Waals surface area contributed by atoms with E-state index in [9.17, 15) is 22.8 Å². The molecule has 0 unspecified atom stereocenters. The minimum absolute atomic E-state index is 0.0770. The van der Waals surface area contributed by atoms with Crippen LogP contribution in [0.25, 0.3) is 0 Å². The van der Waals surface area contributed by atoms with E-state index in [-0.39, 0.29) is 10.8 Å². The molecule has 0 aromatic heterocycles. The van der Waals surface area contributed by atoms with Gasteiger partial charge in [0.25, 0.3) is 5.91 Å². The first-order valence-electron chi connectivity index (χ1n) is 7.31. The first kappa shape index (κ1) is 20.6. The van der Waals surface area contributed by atoms with Gasteiger partial charge in [-0.15, -0.1) is 0 Å². The number of benzene rings is 1. The molecule has 0 aliphatic rings. The second kappa shape index (κ2) is 8.58. The van der Waals surface area contributed by atoms with Crippen LogP contribution >= 0.6 is 0 Å². The number of ether oxygens (including phenoxy) is 1. The van der Waals surface area contributed by atoms with E-state index in [0.717, 1.165) is 0 Å². The molecule has 0 heterocycles. The quantitative estimate of drug-likeness (QED) is 0.648. The largest absolute Gasteiger partial charge is 0.452 e. The number of nitrogens with one attached hydrogen (secondary N) is 2. The number of carbonyl (C=O) groups excluding carboxylic acids is 3. The van der Waals surface area contributed by atoms with E-state index in [1.54, 1.807) is 0 Å². The molecular formula is C15H21N3O6S. The highest BCUT2D eigenvalue weighted by atomic mass is 32.2. The maximum absolute atomic E-state index is 12.1. The van der Waals surface area contributed by atoms with Gasteiger partial charge in [-0.05, 0) is 31.2 Å². The number of hydrogen-bond donors (Lipinski definition) is 2. The van der Waals surface area contributed by atoms with Gasteiger partial charge in [0, 0.05) is 26.7 Å². The van der Waals surface area contributed by atoms with Gasteiger partial charge in [-0.3, -0.25) is 14.4 Å². The van der Waals surface area contributed by atoms with Crippen LogP contribution in [0, 0.1) is 0 Å². The first-order valence-corrected chi connectivity index (χ1v) is 8.79. The summed E-state index contributed by atoms with van der Waals surface area (Å²) in [5.74, 6) is -1.57. The molecule has 0 aliphatic heterocycles. The van der Waals surface area contributed by atoms with Crippen molar-refractivity contribution >= 4 is 33.5 Å². The maximum atomic E-state index is 12.1. The molecular weight excluding hydrogens is 350 g/mol. The van der Waals surface area contributed by atoms with Crippen LogP contribution in [0.4, 0.5) is 5.69 Å². The van der Waals surface area contributed by atoms with Gasteiger partial charge in [0.05, 0.1) is 4.90 Å². The molecule has 1 atom stereocenters. The zero-order valence-corrected chi connectivity index (χ0v) is 15.2. The first-order chi connectivity index (χ1) is 11.5. The van der Waals surface area contributed by atoms with Gasteiger partial charge in [-0.1, -0.05) is 0 Å². The molecule has 0 spiro atoms. The molecule has 0 fully saturated rings. The molecule has 9 nitrogen and oxygen atoms in total. The summed E-state index contributed by atoms with van der Waals surface area (Å²) in [6.45, 7) is 2.12. The maximum Gasteiger partial charge on any atom is 0.321 e. The molecule has 25 heavy (non-hydrogen) atoms. The Balaban J connectivity index is 2.64. The Bertz CT molecular complexity index is 743. The average Bonchev–Trinajstić information content (AvgIpc) is 2.52. The smallest absolute Gasteiger partial charge is 0.321 e. The van der Waals surface area contributed by atoms with Crippen LogP contribution < -0.4 is 10.0 Å². The summed E-state index contributed by atoms with van der Waals surface area (Å²) in [7, 11) is -0.904. The molecule has 0 bridgehead atoms. The van der Waals surface area contributed by atoms with Gasteiger partial charge in [-0.25, -0.2) is 8.42 Å². The Labute approximate surface area is 146 Å². The van der Waals surface area contributed by atoms with E-state index in [1.165, 1.54) is 57.1 Å². The van der Waals surface area contributed by atoms with E-state index in [1.807, 2.05) is 0 Å². The third-order valence-electron chi connectivity index (χ3n) is 2.99. The molecule has 2 amide bonds. The molecule has 0 aliphatic carbocycles. The molecule has 138 valence electrons. The van der Waals surface area contributed by atoms with Crippen molar-refractivity contribution in [2.45, 2.75) is 24.8 Å².